The van der Waals surface area contributed by atoms with Crippen LogP contribution in [0.1, 0.15) is 18.4 Å². The number of carbonyl (C=O) groups is 1. The van der Waals surface area contributed by atoms with Gasteiger partial charge in [-0.2, -0.15) is 4.31 Å². The highest BCUT2D eigenvalue weighted by Gasteiger charge is 2.28. The molecule has 32 heavy (non-hydrogen) atoms. The molecule has 0 unspecified atom stereocenters. The number of hydrogen-bond donors (Lipinski definition) is 2. The highest BCUT2D eigenvalue weighted by Crippen LogP contribution is 2.32. The fourth-order valence-electron chi connectivity index (χ4n) is 4.02. The minimum atomic E-state index is -3.62. The van der Waals surface area contributed by atoms with E-state index in [2.05, 4.69) is 15.5 Å². The molecule has 0 aliphatic carbocycles. The van der Waals surface area contributed by atoms with Gasteiger partial charge in [-0.05, 0) is 36.6 Å². The number of amides is 1. The first-order valence-corrected chi connectivity index (χ1v) is 12.5. The summed E-state index contributed by atoms with van der Waals surface area (Å²) in [6.45, 7) is 3.85. The second-order valence-electron chi connectivity index (χ2n) is 8.01. The summed E-state index contributed by atoms with van der Waals surface area (Å²) in [6, 6.07) is 14.9. The number of morpholine rings is 1. The number of carbonyl (C=O) groups excluding carboxylic acids is 1. The monoisotopic (exact) mass is 458 g/mol. The first-order valence-electron chi connectivity index (χ1n) is 11.1. The minimum Gasteiger partial charge on any atom is -0.379 e. The third kappa shape index (κ3) is 5.40. The molecule has 2 aliphatic rings. The molecular formula is C23H30N4O4S. The van der Waals surface area contributed by atoms with Crippen LogP contribution in [0.15, 0.2) is 53.4 Å². The summed E-state index contributed by atoms with van der Waals surface area (Å²) >= 11 is 0. The minimum absolute atomic E-state index is 0.0642. The van der Waals surface area contributed by atoms with E-state index in [9.17, 15) is 13.2 Å². The van der Waals surface area contributed by atoms with Gasteiger partial charge in [-0.25, -0.2) is 8.42 Å². The lowest BCUT2D eigenvalue weighted by Gasteiger charge is -2.27. The highest BCUT2D eigenvalue weighted by atomic mass is 32.2. The molecule has 0 radical (unpaired) electrons. The molecule has 2 aromatic carbocycles. The first kappa shape index (κ1) is 22.6. The summed E-state index contributed by atoms with van der Waals surface area (Å²) in [5.74, 6) is -0.150. The SMILES string of the molecule is O=C(CNc1cc(S(=O)(=O)N2CCOCC2)ccc1N1CCCC1)NCc1ccccc1. The molecule has 0 atom stereocenters. The first-order chi connectivity index (χ1) is 15.5. The predicted molar refractivity (Wildman–Crippen MR) is 124 cm³/mol. The van der Waals surface area contributed by atoms with Crippen molar-refractivity contribution in [2.75, 3.05) is 56.2 Å². The summed E-state index contributed by atoms with van der Waals surface area (Å²) < 4.78 is 33.0. The molecule has 0 aromatic heterocycles. The molecule has 4 rings (SSSR count). The molecule has 0 spiro atoms. The third-order valence-corrected chi connectivity index (χ3v) is 7.69. The average Bonchev–Trinajstić information content (AvgIpc) is 3.37. The Morgan fingerprint density at radius 3 is 2.41 bits per heavy atom. The fourth-order valence-corrected chi connectivity index (χ4v) is 5.46. The number of benzene rings is 2. The predicted octanol–water partition coefficient (Wildman–Crippen LogP) is 2.04. The van der Waals surface area contributed by atoms with Gasteiger partial charge in [-0.15, -0.1) is 0 Å². The highest BCUT2D eigenvalue weighted by molar-refractivity contribution is 7.89. The maximum atomic E-state index is 13.1. The van der Waals surface area contributed by atoms with Crippen molar-refractivity contribution < 1.29 is 17.9 Å². The van der Waals surface area contributed by atoms with E-state index in [1.165, 1.54) is 4.31 Å². The van der Waals surface area contributed by atoms with E-state index in [0.29, 0.717) is 38.5 Å². The Morgan fingerprint density at radius 2 is 1.69 bits per heavy atom. The maximum absolute atomic E-state index is 13.1. The Labute approximate surface area is 189 Å². The molecule has 8 nitrogen and oxygen atoms in total. The third-order valence-electron chi connectivity index (χ3n) is 5.79. The number of ether oxygens (including phenoxy) is 1. The van der Waals surface area contributed by atoms with Crippen LogP contribution in [0.4, 0.5) is 11.4 Å². The van der Waals surface area contributed by atoms with Gasteiger partial charge in [0.15, 0.2) is 0 Å². The van der Waals surface area contributed by atoms with Crippen molar-refractivity contribution in [1.29, 1.82) is 0 Å². The molecule has 9 heteroatoms. The zero-order valence-corrected chi connectivity index (χ0v) is 18.9. The van der Waals surface area contributed by atoms with Crippen molar-refractivity contribution in [1.82, 2.24) is 9.62 Å². The summed E-state index contributed by atoms with van der Waals surface area (Å²) in [6.07, 6.45) is 2.20. The van der Waals surface area contributed by atoms with E-state index < -0.39 is 10.0 Å². The van der Waals surface area contributed by atoms with E-state index >= 15 is 0 Å². The standard InChI is InChI=1S/C23H30N4O4S/c28-23(25-17-19-6-2-1-3-7-19)18-24-21-16-20(8-9-22(21)26-10-4-5-11-26)32(29,30)27-12-14-31-15-13-27/h1-3,6-9,16,24H,4-5,10-15,17-18H2,(H,25,28). The second-order valence-corrected chi connectivity index (χ2v) is 9.94. The van der Waals surface area contributed by atoms with E-state index in [1.54, 1.807) is 12.1 Å². The van der Waals surface area contributed by atoms with Crippen LogP contribution >= 0.6 is 0 Å². The molecule has 2 aliphatic heterocycles. The number of rotatable bonds is 8. The van der Waals surface area contributed by atoms with Crippen LogP contribution in [0.25, 0.3) is 0 Å². The van der Waals surface area contributed by atoms with E-state index in [1.807, 2.05) is 36.4 Å². The van der Waals surface area contributed by atoms with Crippen molar-refractivity contribution in [3.63, 3.8) is 0 Å². The van der Waals surface area contributed by atoms with Gasteiger partial charge in [0.05, 0.1) is 36.0 Å². The molecule has 1 amide bonds. The van der Waals surface area contributed by atoms with Gasteiger partial charge in [-0.3, -0.25) is 4.79 Å². The van der Waals surface area contributed by atoms with Gasteiger partial charge in [0, 0.05) is 32.7 Å². The molecule has 0 saturated carbocycles. The molecule has 172 valence electrons. The molecule has 2 heterocycles. The van der Waals surface area contributed by atoms with Crippen LogP contribution in [-0.4, -0.2) is 64.6 Å². The molecule has 2 aromatic rings. The zero-order valence-electron chi connectivity index (χ0n) is 18.1. The Morgan fingerprint density at radius 1 is 0.969 bits per heavy atom. The van der Waals surface area contributed by atoms with Gasteiger partial charge in [0.25, 0.3) is 0 Å². The van der Waals surface area contributed by atoms with Crippen molar-refractivity contribution in [2.45, 2.75) is 24.3 Å². The fraction of sp³-hybridized carbons (Fsp3) is 0.435. The van der Waals surface area contributed by atoms with Gasteiger partial charge in [0.2, 0.25) is 15.9 Å². The molecule has 2 N–H and O–H groups in total. The van der Waals surface area contributed by atoms with Crippen LogP contribution in [0.2, 0.25) is 0 Å². The molecule has 2 fully saturated rings. The van der Waals surface area contributed by atoms with Crippen LogP contribution < -0.4 is 15.5 Å². The van der Waals surface area contributed by atoms with E-state index in [0.717, 1.165) is 37.2 Å². The topological polar surface area (TPSA) is 91.0 Å². The van der Waals surface area contributed by atoms with Crippen LogP contribution in [-0.2, 0) is 26.1 Å². The van der Waals surface area contributed by atoms with Crippen molar-refractivity contribution in [2.24, 2.45) is 0 Å². The summed E-state index contributed by atoms with van der Waals surface area (Å²) in [5.41, 5.74) is 2.62. The van der Waals surface area contributed by atoms with Crippen LogP contribution in [0.5, 0.6) is 0 Å². The smallest absolute Gasteiger partial charge is 0.243 e. The molecule has 0 bridgehead atoms. The molecule has 2 saturated heterocycles. The van der Waals surface area contributed by atoms with Gasteiger partial charge in [0.1, 0.15) is 0 Å². The number of nitrogens with one attached hydrogen (secondary N) is 2. The molecular weight excluding hydrogens is 428 g/mol. The summed E-state index contributed by atoms with van der Waals surface area (Å²) in [5, 5.41) is 6.08. The van der Waals surface area contributed by atoms with Crippen molar-refractivity contribution >= 4 is 27.3 Å². The quantitative estimate of drug-likeness (QED) is 0.629. The lowest BCUT2D eigenvalue weighted by molar-refractivity contribution is -0.119. The Balaban J connectivity index is 1.49. The number of anilines is 2. The number of hydrogen-bond acceptors (Lipinski definition) is 6. The zero-order chi connectivity index (χ0) is 22.4. The maximum Gasteiger partial charge on any atom is 0.243 e. The van der Waals surface area contributed by atoms with Crippen LogP contribution in [0, 0.1) is 0 Å². The van der Waals surface area contributed by atoms with E-state index in [4.69, 9.17) is 4.74 Å². The summed E-state index contributed by atoms with van der Waals surface area (Å²) in [7, 11) is -3.62. The average molecular weight is 459 g/mol. The van der Waals surface area contributed by atoms with Crippen molar-refractivity contribution in [3.05, 3.63) is 54.1 Å². The lowest BCUT2D eigenvalue weighted by atomic mass is 10.2. The summed E-state index contributed by atoms with van der Waals surface area (Å²) in [4.78, 5) is 14.9. The van der Waals surface area contributed by atoms with Gasteiger partial charge >= 0.3 is 0 Å². The Kier molecular flexibility index (Phi) is 7.29. The van der Waals surface area contributed by atoms with Gasteiger partial charge < -0.3 is 20.3 Å². The van der Waals surface area contributed by atoms with E-state index in [-0.39, 0.29) is 17.3 Å². The largest absolute Gasteiger partial charge is 0.379 e. The Hall–Kier alpha value is -2.62. The number of sulfonamides is 1. The normalized spacial score (nSPS) is 17.3. The van der Waals surface area contributed by atoms with Crippen LogP contribution in [0.3, 0.4) is 0 Å². The van der Waals surface area contributed by atoms with Crippen molar-refractivity contribution in [3.8, 4) is 0 Å². The number of nitrogens with zero attached hydrogens (tertiary/aromatic N) is 2. The second kappa shape index (κ2) is 10.3. The lowest BCUT2D eigenvalue weighted by Crippen LogP contribution is -2.40. The van der Waals surface area contributed by atoms with Gasteiger partial charge in [-0.1, -0.05) is 30.3 Å². The Bertz CT molecular complexity index is 1020.